The molecule has 0 saturated heterocycles. The Kier molecular flexibility index (Phi) is 4.17. The number of rotatable bonds is 4. The quantitative estimate of drug-likeness (QED) is 0.819. The van der Waals surface area contributed by atoms with Crippen molar-refractivity contribution < 1.29 is 4.79 Å². The molecular weight excluding hydrogens is 216 g/mol. The standard InChI is InChI=1S/C12H20N4O/c1-8(2)10-9(5-14-7-16-10)11(17)15-6-12(3,4)13/h5,7-8H,6,13H2,1-4H3,(H,15,17). The predicted molar refractivity (Wildman–Crippen MR) is 66.7 cm³/mol. The van der Waals surface area contributed by atoms with Crippen molar-refractivity contribution in [2.75, 3.05) is 6.54 Å². The van der Waals surface area contributed by atoms with Crippen LogP contribution in [0.3, 0.4) is 0 Å². The molecule has 0 aliphatic carbocycles. The van der Waals surface area contributed by atoms with Gasteiger partial charge in [-0.1, -0.05) is 13.8 Å². The van der Waals surface area contributed by atoms with E-state index in [1.54, 1.807) is 6.20 Å². The van der Waals surface area contributed by atoms with E-state index in [-0.39, 0.29) is 11.8 Å². The molecule has 1 aromatic rings. The van der Waals surface area contributed by atoms with Gasteiger partial charge >= 0.3 is 0 Å². The van der Waals surface area contributed by atoms with Crippen LogP contribution in [0.1, 0.15) is 49.7 Å². The molecule has 5 nitrogen and oxygen atoms in total. The van der Waals surface area contributed by atoms with E-state index in [2.05, 4.69) is 15.3 Å². The van der Waals surface area contributed by atoms with Crippen molar-refractivity contribution in [3.63, 3.8) is 0 Å². The molecule has 17 heavy (non-hydrogen) atoms. The largest absolute Gasteiger partial charge is 0.350 e. The summed E-state index contributed by atoms with van der Waals surface area (Å²) in [6, 6.07) is 0. The molecule has 94 valence electrons. The average molecular weight is 236 g/mol. The van der Waals surface area contributed by atoms with Crippen LogP contribution in [0.15, 0.2) is 12.5 Å². The van der Waals surface area contributed by atoms with Crippen LogP contribution in [0.2, 0.25) is 0 Å². The fraction of sp³-hybridized carbons (Fsp3) is 0.583. The SMILES string of the molecule is CC(C)c1ncncc1C(=O)NCC(C)(C)N. The highest BCUT2D eigenvalue weighted by Gasteiger charge is 2.17. The van der Waals surface area contributed by atoms with E-state index in [0.717, 1.165) is 5.69 Å². The van der Waals surface area contributed by atoms with Crippen molar-refractivity contribution in [3.05, 3.63) is 23.8 Å². The Bertz CT molecular complexity index is 396. The monoisotopic (exact) mass is 236 g/mol. The molecule has 0 aliphatic heterocycles. The second-order valence-corrected chi connectivity index (χ2v) is 5.15. The lowest BCUT2D eigenvalue weighted by Gasteiger charge is -2.19. The number of nitrogens with two attached hydrogens (primary N) is 1. The van der Waals surface area contributed by atoms with Crippen LogP contribution in [0.5, 0.6) is 0 Å². The van der Waals surface area contributed by atoms with Crippen molar-refractivity contribution in [2.24, 2.45) is 5.73 Å². The molecule has 1 amide bonds. The maximum atomic E-state index is 12.0. The molecule has 1 heterocycles. The summed E-state index contributed by atoms with van der Waals surface area (Å²) in [6.45, 7) is 8.12. The van der Waals surface area contributed by atoms with E-state index in [1.165, 1.54) is 6.33 Å². The minimum atomic E-state index is -0.427. The number of nitrogens with zero attached hydrogens (tertiary/aromatic N) is 2. The van der Waals surface area contributed by atoms with Gasteiger partial charge in [0.05, 0.1) is 11.3 Å². The van der Waals surface area contributed by atoms with E-state index < -0.39 is 5.54 Å². The zero-order chi connectivity index (χ0) is 13.1. The fourth-order valence-corrected chi connectivity index (χ4v) is 1.38. The van der Waals surface area contributed by atoms with E-state index in [0.29, 0.717) is 12.1 Å². The third kappa shape index (κ3) is 4.11. The number of nitrogens with one attached hydrogen (secondary N) is 1. The Morgan fingerprint density at radius 2 is 2.18 bits per heavy atom. The van der Waals surface area contributed by atoms with Crippen LogP contribution in [-0.4, -0.2) is 28.0 Å². The van der Waals surface area contributed by atoms with Gasteiger partial charge < -0.3 is 11.1 Å². The molecule has 0 aromatic carbocycles. The van der Waals surface area contributed by atoms with Gasteiger partial charge in [-0.2, -0.15) is 0 Å². The first-order valence-electron chi connectivity index (χ1n) is 5.68. The lowest BCUT2D eigenvalue weighted by atomic mass is 10.0. The van der Waals surface area contributed by atoms with Gasteiger partial charge in [0.25, 0.3) is 5.91 Å². The van der Waals surface area contributed by atoms with Gasteiger partial charge in [0.1, 0.15) is 6.33 Å². The molecule has 1 rings (SSSR count). The molecule has 1 aromatic heterocycles. The Hall–Kier alpha value is -1.49. The molecule has 0 radical (unpaired) electrons. The van der Waals surface area contributed by atoms with E-state index in [4.69, 9.17) is 5.73 Å². The first-order valence-corrected chi connectivity index (χ1v) is 5.68. The number of hydrogen-bond acceptors (Lipinski definition) is 4. The van der Waals surface area contributed by atoms with Gasteiger partial charge in [-0.15, -0.1) is 0 Å². The van der Waals surface area contributed by atoms with Crippen LogP contribution < -0.4 is 11.1 Å². The number of hydrogen-bond donors (Lipinski definition) is 2. The number of carbonyl (C=O) groups is 1. The Balaban J connectivity index is 2.82. The highest BCUT2D eigenvalue weighted by atomic mass is 16.1. The van der Waals surface area contributed by atoms with Crippen LogP contribution in [-0.2, 0) is 0 Å². The summed E-state index contributed by atoms with van der Waals surface area (Å²) < 4.78 is 0. The second-order valence-electron chi connectivity index (χ2n) is 5.15. The van der Waals surface area contributed by atoms with Gasteiger partial charge in [0, 0.05) is 18.3 Å². The number of amides is 1. The average Bonchev–Trinajstić information content (AvgIpc) is 2.25. The van der Waals surface area contributed by atoms with E-state index in [1.807, 2.05) is 27.7 Å². The molecular formula is C12H20N4O. The fourth-order valence-electron chi connectivity index (χ4n) is 1.38. The van der Waals surface area contributed by atoms with Crippen LogP contribution in [0.4, 0.5) is 0 Å². The van der Waals surface area contributed by atoms with Crippen molar-refractivity contribution >= 4 is 5.91 Å². The molecule has 0 fully saturated rings. The summed E-state index contributed by atoms with van der Waals surface area (Å²) in [6.07, 6.45) is 3.00. The minimum Gasteiger partial charge on any atom is -0.350 e. The highest BCUT2D eigenvalue weighted by Crippen LogP contribution is 2.15. The van der Waals surface area contributed by atoms with E-state index in [9.17, 15) is 4.79 Å². The normalized spacial score (nSPS) is 11.6. The molecule has 0 spiro atoms. The number of aromatic nitrogens is 2. The second kappa shape index (κ2) is 5.23. The van der Waals surface area contributed by atoms with Crippen molar-refractivity contribution in [1.29, 1.82) is 0 Å². The summed E-state index contributed by atoms with van der Waals surface area (Å²) in [5.74, 6) is 0.0115. The van der Waals surface area contributed by atoms with Crippen LogP contribution in [0, 0.1) is 0 Å². The highest BCUT2D eigenvalue weighted by molar-refractivity contribution is 5.95. The molecule has 0 aliphatic rings. The molecule has 0 saturated carbocycles. The van der Waals surface area contributed by atoms with Crippen molar-refractivity contribution in [3.8, 4) is 0 Å². The van der Waals surface area contributed by atoms with E-state index >= 15 is 0 Å². The Labute approximate surface area is 102 Å². The van der Waals surface area contributed by atoms with Crippen LogP contribution in [0.25, 0.3) is 0 Å². The first kappa shape index (κ1) is 13.6. The lowest BCUT2D eigenvalue weighted by molar-refractivity contribution is 0.0944. The Morgan fingerprint density at radius 1 is 1.53 bits per heavy atom. The zero-order valence-electron chi connectivity index (χ0n) is 10.8. The van der Waals surface area contributed by atoms with Crippen molar-refractivity contribution in [2.45, 2.75) is 39.2 Å². The molecule has 5 heteroatoms. The molecule has 0 unspecified atom stereocenters. The van der Waals surface area contributed by atoms with Gasteiger partial charge in [0.2, 0.25) is 0 Å². The summed E-state index contributed by atoms with van der Waals surface area (Å²) in [4.78, 5) is 20.0. The zero-order valence-corrected chi connectivity index (χ0v) is 10.8. The maximum absolute atomic E-state index is 12.0. The predicted octanol–water partition coefficient (Wildman–Crippen LogP) is 1.07. The first-order chi connectivity index (χ1) is 7.81. The maximum Gasteiger partial charge on any atom is 0.254 e. The molecule has 3 N–H and O–H groups in total. The van der Waals surface area contributed by atoms with Crippen molar-refractivity contribution in [1.82, 2.24) is 15.3 Å². The minimum absolute atomic E-state index is 0.173. The summed E-state index contributed by atoms with van der Waals surface area (Å²) >= 11 is 0. The topological polar surface area (TPSA) is 80.9 Å². The summed E-state index contributed by atoms with van der Waals surface area (Å²) in [5, 5.41) is 2.79. The molecule has 0 bridgehead atoms. The van der Waals surface area contributed by atoms with Gasteiger partial charge in [-0.25, -0.2) is 9.97 Å². The lowest BCUT2D eigenvalue weighted by Crippen LogP contribution is -2.45. The van der Waals surface area contributed by atoms with Gasteiger partial charge in [0.15, 0.2) is 0 Å². The third-order valence-electron chi connectivity index (χ3n) is 2.24. The summed E-state index contributed by atoms with van der Waals surface area (Å²) in [5.41, 5.74) is 6.66. The number of carbonyl (C=O) groups excluding carboxylic acids is 1. The van der Waals surface area contributed by atoms with Crippen LogP contribution >= 0.6 is 0 Å². The summed E-state index contributed by atoms with van der Waals surface area (Å²) in [7, 11) is 0. The Morgan fingerprint density at radius 3 is 2.71 bits per heavy atom. The van der Waals surface area contributed by atoms with Gasteiger partial charge in [-0.3, -0.25) is 4.79 Å². The smallest absolute Gasteiger partial charge is 0.254 e. The van der Waals surface area contributed by atoms with Gasteiger partial charge in [-0.05, 0) is 19.8 Å². The molecule has 0 atom stereocenters. The third-order valence-corrected chi connectivity index (χ3v) is 2.24.